The third-order valence-electron chi connectivity index (χ3n) is 7.36. The van der Waals surface area contributed by atoms with Crippen LogP contribution in [0.3, 0.4) is 0 Å². The van der Waals surface area contributed by atoms with E-state index in [0.717, 1.165) is 35.5 Å². The van der Waals surface area contributed by atoms with Crippen LogP contribution in [0.4, 0.5) is 0 Å². The number of rotatable bonds is 0. The van der Waals surface area contributed by atoms with Crippen molar-refractivity contribution in [2.75, 3.05) is 20.1 Å². The van der Waals surface area contributed by atoms with E-state index in [0.29, 0.717) is 0 Å². The van der Waals surface area contributed by atoms with E-state index in [1.54, 1.807) is 44.9 Å². The van der Waals surface area contributed by atoms with Crippen LogP contribution in [0.15, 0.2) is 0 Å². The lowest BCUT2D eigenvalue weighted by molar-refractivity contribution is -0.0518. The smallest absolute Gasteiger partial charge is 0.000937 e. The summed E-state index contributed by atoms with van der Waals surface area (Å²) < 4.78 is 0. The normalized spacial score (nSPS) is 51.0. The summed E-state index contributed by atoms with van der Waals surface area (Å²) in [6.45, 7) is 2.78. The zero-order chi connectivity index (χ0) is 12.8. The van der Waals surface area contributed by atoms with E-state index in [1.807, 2.05) is 0 Å². The summed E-state index contributed by atoms with van der Waals surface area (Å²) in [4.78, 5) is 2.59. The van der Waals surface area contributed by atoms with Gasteiger partial charge in [-0.15, -0.1) is 0 Å². The van der Waals surface area contributed by atoms with Crippen molar-refractivity contribution in [2.24, 2.45) is 35.5 Å². The Bertz CT molecular complexity index is 326. The van der Waals surface area contributed by atoms with Gasteiger partial charge in [-0.3, -0.25) is 0 Å². The molecule has 0 radical (unpaired) electrons. The Labute approximate surface area is 119 Å². The predicted molar refractivity (Wildman–Crippen MR) is 80.0 cm³/mol. The average molecular weight is 261 g/mol. The molecule has 1 aliphatic heterocycles. The van der Waals surface area contributed by atoms with Crippen LogP contribution in [-0.2, 0) is 0 Å². The van der Waals surface area contributed by atoms with Crippen LogP contribution in [0.5, 0.6) is 0 Å². The Morgan fingerprint density at radius 1 is 0.632 bits per heavy atom. The van der Waals surface area contributed by atoms with Crippen LogP contribution in [0.1, 0.15) is 57.8 Å². The summed E-state index contributed by atoms with van der Waals surface area (Å²) in [5.74, 6) is 6.72. The van der Waals surface area contributed by atoms with Gasteiger partial charge in [-0.2, -0.15) is 0 Å². The molecule has 0 aromatic heterocycles. The minimum absolute atomic E-state index is 1.06. The van der Waals surface area contributed by atoms with Crippen molar-refractivity contribution >= 4 is 0 Å². The molecule has 1 saturated heterocycles. The second kappa shape index (κ2) is 5.06. The van der Waals surface area contributed by atoms with Crippen molar-refractivity contribution in [1.29, 1.82) is 0 Å². The van der Waals surface area contributed by atoms with Gasteiger partial charge in [-0.05, 0) is 87.6 Å². The van der Waals surface area contributed by atoms with Gasteiger partial charge in [0.05, 0.1) is 0 Å². The van der Waals surface area contributed by atoms with E-state index in [-0.39, 0.29) is 0 Å². The molecule has 19 heavy (non-hydrogen) atoms. The lowest BCUT2D eigenvalue weighted by Gasteiger charge is -2.55. The Kier molecular flexibility index (Phi) is 3.38. The maximum absolute atomic E-state index is 2.59. The summed E-state index contributed by atoms with van der Waals surface area (Å²) in [7, 11) is 2.33. The summed E-state index contributed by atoms with van der Waals surface area (Å²) in [5.41, 5.74) is 0. The third kappa shape index (κ3) is 2.17. The van der Waals surface area contributed by atoms with Crippen molar-refractivity contribution in [3.8, 4) is 0 Å². The van der Waals surface area contributed by atoms with Gasteiger partial charge in [0.25, 0.3) is 0 Å². The Balaban J connectivity index is 1.52. The molecule has 1 nitrogen and oxygen atoms in total. The highest BCUT2D eigenvalue weighted by Crippen LogP contribution is 2.55. The second-order valence-electron chi connectivity index (χ2n) is 8.17. The highest BCUT2D eigenvalue weighted by molar-refractivity contribution is 4.98. The van der Waals surface area contributed by atoms with E-state index in [4.69, 9.17) is 0 Å². The van der Waals surface area contributed by atoms with Crippen LogP contribution in [0, 0.1) is 35.5 Å². The van der Waals surface area contributed by atoms with Gasteiger partial charge >= 0.3 is 0 Å². The van der Waals surface area contributed by atoms with Crippen LogP contribution >= 0.6 is 0 Å². The molecule has 3 aliphatic carbocycles. The number of likely N-dealkylation sites (tertiary alicyclic amines) is 1. The lowest BCUT2D eigenvalue weighted by Crippen LogP contribution is -2.50. The van der Waals surface area contributed by atoms with E-state index < -0.39 is 0 Å². The summed E-state index contributed by atoms with van der Waals surface area (Å²) in [6.07, 6.45) is 14.1. The molecule has 0 aromatic carbocycles. The van der Waals surface area contributed by atoms with Gasteiger partial charge in [0.1, 0.15) is 0 Å². The van der Waals surface area contributed by atoms with Crippen LogP contribution in [0.25, 0.3) is 0 Å². The minimum atomic E-state index is 1.06. The molecule has 4 fully saturated rings. The van der Waals surface area contributed by atoms with Gasteiger partial charge in [-0.1, -0.05) is 19.3 Å². The molecule has 1 heteroatoms. The number of fused-ring (bicyclic) bond motifs is 5. The zero-order valence-electron chi connectivity index (χ0n) is 12.7. The first-order chi connectivity index (χ1) is 9.33. The van der Waals surface area contributed by atoms with E-state index in [1.165, 1.54) is 25.9 Å². The van der Waals surface area contributed by atoms with E-state index in [9.17, 15) is 0 Å². The first kappa shape index (κ1) is 12.7. The zero-order valence-corrected chi connectivity index (χ0v) is 12.7. The summed E-state index contributed by atoms with van der Waals surface area (Å²) in [5, 5.41) is 0. The van der Waals surface area contributed by atoms with Gasteiger partial charge in [0.2, 0.25) is 0 Å². The fourth-order valence-electron chi connectivity index (χ4n) is 6.56. The molecule has 1 heterocycles. The van der Waals surface area contributed by atoms with E-state index >= 15 is 0 Å². The average Bonchev–Trinajstić information content (AvgIpc) is 2.46. The molecule has 6 atom stereocenters. The molecule has 0 N–H and O–H groups in total. The molecule has 0 aromatic rings. The van der Waals surface area contributed by atoms with Crippen LogP contribution in [0.2, 0.25) is 0 Å². The Morgan fingerprint density at radius 2 is 1.32 bits per heavy atom. The van der Waals surface area contributed by atoms with Gasteiger partial charge < -0.3 is 4.90 Å². The predicted octanol–water partition coefficient (Wildman–Crippen LogP) is 4.18. The van der Waals surface area contributed by atoms with Gasteiger partial charge in [0, 0.05) is 6.54 Å². The molecular formula is C18H31N. The molecular weight excluding hydrogens is 230 g/mol. The van der Waals surface area contributed by atoms with Gasteiger partial charge in [0.15, 0.2) is 0 Å². The van der Waals surface area contributed by atoms with E-state index in [2.05, 4.69) is 11.9 Å². The number of hydrogen-bond acceptors (Lipinski definition) is 1. The number of piperidine rings is 1. The maximum atomic E-state index is 2.59. The van der Waals surface area contributed by atoms with Crippen molar-refractivity contribution in [2.45, 2.75) is 57.8 Å². The Hall–Kier alpha value is -0.0400. The SMILES string of the molecule is CN1CCC2C(CCC3C4CCCCC4CCC23)C1. The molecule has 3 saturated carbocycles. The first-order valence-corrected chi connectivity index (χ1v) is 9.01. The maximum Gasteiger partial charge on any atom is 0.000937 e. The van der Waals surface area contributed by atoms with Crippen molar-refractivity contribution in [3.63, 3.8) is 0 Å². The molecule has 6 unspecified atom stereocenters. The fourth-order valence-corrected chi connectivity index (χ4v) is 6.56. The molecule has 0 amide bonds. The molecule has 4 rings (SSSR count). The van der Waals surface area contributed by atoms with Crippen LogP contribution in [-0.4, -0.2) is 25.0 Å². The highest BCUT2D eigenvalue weighted by atomic mass is 15.1. The van der Waals surface area contributed by atoms with Crippen molar-refractivity contribution in [1.82, 2.24) is 4.90 Å². The number of nitrogens with zero attached hydrogens (tertiary/aromatic N) is 1. The quantitative estimate of drug-likeness (QED) is 0.632. The molecule has 0 spiro atoms. The summed E-state index contributed by atoms with van der Waals surface area (Å²) >= 11 is 0. The third-order valence-corrected chi connectivity index (χ3v) is 7.36. The number of hydrogen-bond donors (Lipinski definition) is 0. The first-order valence-electron chi connectivity index (χ1n) is 9.01. The van der Waals surface area contributed by atoms with Crippen LogP contribution < -0.4 is 0 Å². The fraction of sp³-hybridized carbons (Fsp3) is 1.00. The standard InChI is InChI=1S/C18H31N/c1-19-11-10-16-14(12-19)7-9-17-15-5-3-2-4-13(15)6-8-18(16)17/h13-18H,2-12H2,1H3. The monoisotopic (exact) mass is 261 g/mol. The highest BCUT2D eigenvalue weighted by Gasteiger charge is 2.48. The Morgan fingerprint density at radius 3 is 2.16 bits per heavy atom. The molecule has 108 valence electrons. The minimum Gasteiger partial charge on any atom is -0.306 e. The summed E-state index contributed by atoms with van der Waals surface area (Å²) in [6, 6.07) is 0. The van der Waals surface area contributed by atoms with Crippen molar-refractivity contribution in [3.05, 3.63) is 0 Å². The topological polar surface area (TPSA) is 3.24 Å². The second-order valence-corrected chi connectivity index (χ2v) is 8.17. The largest absolute Gasteiger partial charge is 0.306 e. The molecule has 4 aliphatic rings. The van der Waals surface area contributed by atoms with Gasteiger partial charge in [-0.25, -0.2) is 0 Å². The lowest BCUT2D eigenvalue weighted by atomic mass is 9.52. The molecule has 0 bridgehead atoms. The van der Waals surface area contributed by atoms with Crippen molar-refractivity contribution < 1.29 is 0 Å².